The highest BCUT2D eigenvalue weighted by Crippen LogP contribution is 2.12. The number of aliphatic imine (C=N–C) groups is 1. The summed E-state index contributed by atoms with van der Waals surface area (Å²) in [6.45, 7) is 3.97. The first-order valence-electron chi connectivity index (χ1n) is 17.9. The van der Waals surface area contributed by atoms with Gasteiger partial charge in [0.2, 0.25) is 29.5 Å². The van der Waals surface area contributed by atoms with Gasteiger partial charge in [-0.1, -0.05) is 86.6 Å². The number of carbonyl (C=O) groups excluding carboxylic acids is 5. The molecule has 0 aromatic heterocycles. The van der Waals surface area contributed by atoms with Crippen molar-refractivity contribution in [2.24, 2.45) is 28.1 Å². The van der Waals surface area contributed by atoms with Crippen LogP contribution >= 0.6 is 0 Å². The number of hydrogen-bond donors (Lipinski definition) is 7. The Balaban J connectivity index is 1.85. The first-order valence-corrected chi connectivity index (χ1v) is 17.9. The standard InChI is InChI=1S/C40H51FN8O5/c1-26(2)24-33(38(53)47-31(36(42)51)14-9-23-45-40(43)44)49-37(52)32(21-17-27-10-5-3-6-11-27)48-39(54)34(25-29-15-19-30(41)20-16-29)46-35(50)22-18-28-12-7-4-8-13-28/h3-8,10-13,15-16,18-20,22,26,31-34H,9,14,17,21,23-25H2,1-2H3,(H2,42,51)(H,46,50)(H,47,53)(H,48,54)(H,49,52)(H4,43,44,45)/b22-18+/t31-,32-,33-,34-/m0/s1. The summed E-state index contributed by atoms with van der Waals surface area (Å²) in [5.41, 5.74) is 18.6. The van der Waals surface area contributed by atoms with E-state index in [1.807, 2.05) is 74.5 Å². The first kappa shape index (κ1) is 42.4. The van der Waals surface area contributed by atoms with Gasteiger partial charge in [-0.2, -0.15) is 0 Å². The lowest BCUT2D eigenvalue weighted by molar-refractivity contribution is -0.134. The van der Waals surface area contributed by atoms with Crippen molar-refractivity contribution < 1.29 is 28.4 Å². The molecule has 0 saturated carbocycles. The molecule has 5 amide bonds. The van der Waals surface area contributed by atoms with E-state index in [4.69, 9.17) is 17.2 Å². The molecule has 0 saturated heterocycles. The van der Waals surface area contributed by atoms with E-state index in [9.17, 15) is 28.4 Å². The van der Waals surface area contributed by atoms with Crippen LogP contribution < -0.4 is 38.5 Å². The highest BCUT2D eigenvalue weighted by atomic mass is 19.1. The molecule has 0 aliphatic carbocycles. The SMILES string of the molecule is CC(C)C[C@H](NC(=O)[C@H](CCc1ccccc1)NC(=O)[C@H](Cc1ccc(F)cc1)NC(=O)/C=C/c1ccccc1)C(=O)N[C@@H](CCCN=C(N)N)C(N)=O. The van der Waals surface area contributed by atoms with E-state index in [-0.39, 0.29) is 44.1 Å². The minimum absolute atomic E-state index is 0.000124. The number of nitrogens with one attached hydrogen (secondary N) is 4. The summed E-state index contributed by atoms with van der Waals surface area (Å²) in [6, 6.07) is 19.6. The Bertz CT molecular complexity index is 1730. The molecule has 3 aromatic carbocycles. The number of carbonyl (C=O) groups is 5. The van der Waals surface area contributed by atoms with E-state index in [0.717, 1.165) is 11.1 Å². The Morgan fingerprint density at radius 2 is 1.26 bits per heavy atom. The monoisotopic (exact) mass is 742 g/mol. The molecule has 0 fully saturated rings. The number of primary amides is 1. The maximum atomic E-state index is 14.0. The van der Waals surface area contributed by atoms with Crippen LogP contribution in [0.4, 0.5) is 4.39 Å². The maximum Gasteiger partial charge on any atom is 0.244 e. The fourth-order valence-electron chi connectivity index (χ4n) is 5.55. The van der Waals surface area contributed by atoms with Gasteiger partial charge in [-0.15, -0.1) is 0 Å². The molecule has 4 atom stereocenters. The van der Waals surface area contributed by atoms with Crippen LogP contribution in [0.25, 0.3) is 6.08 Å². The number of nitrogens with zero attached hydrogens (tertiary/aromatic N) is 1. The van der Waals surface area contributed by atoms with Gasteiger partial charge < -0.3 is 38.5 Å². The molecule has 0 bridgehead atoms. The third-order valence-corrected chi connectivity index (χ3v) is 8.36. The zero-order valence-electron chi connectivity index (χ0n) is 30.7. The highest BCUT2D eigenvalue weighted by molar-refractivity contribution is 5.98. The van der Waals surface area contributed by atoms with E-state index in [0.29, 0.717) is 18.4 Å². The molecule has 10 N–H and O–H groups in total. The van der Waals surface area contributed by atoms with Crippen molar-refractivity contribution >= 4 is 41.6 Å². The molecule has 0 aliphatic heterocycles. The number of aryl methyl sites for hydroxylation is 1. The Hall–Kier alpha value is -6.05. The van der Waals surface area contributed by atoms with Crippen molar-refractivity contribution in [3.8, 4) is 0 Å². The van der Waals surface area contributed by atoms with Crippen LogP contribution in [0.1, 0.15) is 56.2 Å². The van der Waals surface area contributed by atoms with Crippen molar-refractivity contribution in [2.45, 2.75) is 76.5 Å². The van der Waals surface area contributed by atoms with E-state index in [1.165, 1.54) is 30.3 Å². The third kappa shape index (κ3) is 15.7. The van der Waals surface area contributed by atoms with Gasteiger partial charge in [0.15, 0.2) is 5.96 Å². The van der Waals surface area contributed by atoms with E-state index in [2.05, 4.69) is 26.3 Å². The average Bonchev–Trinajstić information content (AvgIpc) is 3.14. The first-order chi connectivity index (χ1) is 25.8. The van der Waals surface area contributed by atoms with Gasteiger partial charge in [-0.05, 0) is 72.9 Å². The second-order valence-corrected chi connectivity index (χ2v) is 13.3. The minimum Gasteiger partial charge on any atom is -0.370 e. The van der Waals surface area contributed by atoms with Crippen LogP contribution in [0.15, 0.2) is 96.0 Å². The summed E-state index contributed by atoms with van der Waals surface area (Å²) in [7, 11) is 0. The fraction of sp³-hybridized carbons (Fsp3) is 0.350. The number of halogens is 1. The molecule has 0 aliphatic rings. The van der Waals surface area contributed by atoms with Gasteiger partial charge in [0.05, 0.1) is 0 Å². The summed E-state index contributed by atoms with van der Waals surface area (Å²) in [4.78, 5) is 70.7. The quantitative estimate of drug-likeness (QED) is 0.0373. The smallest absolute Gasteiger partial charge is 0.244 e. The Kier molecular flexibility index (Phi) is 17.4. The zero-order valence-corrected chi connectivity index (χ0v) is 30.7. The summed E-state index contributed by atoms with van der Waals surface area (Å²) in [6.07, 6.45) is 4.19. The van der Waals surface area contributed by atoms with Gasteiger partial charge in [-0.25, -0.2) is 4.39 Å². The molecule has 288 valence electrons. The largest absolute Gasteiger partial charge is 0.370 e. The molecule has 54 heavy (non-hydrogen) atoms. The summed E-state index contributed by atoms with van der Waals surface area (Å²) in [5.74, 6) is -3.85. The van der Waals surface area contributed by atoms with Gasteiger partial charge in [0.1, 0.15) is 30.0 Å². The molecule has 13 nitrogen and oxygen atoms in total. The lowest BCUT2D eigenvalue weighted by atomic mass is 9.99. The van der Waals surface area contributed by atoms with Crippen LogP contribution in [-0.2, 0) is 36.8 Å². The summed E-state index contributed by atoms with van der Waals surface area (Å²) < 4.78 is 13.7. The van der Waals surface area contributed by atoms with Crippen LogP contribution in [-0.4, -0.2) is 66.2 Å². The summed E-state index contributed by atoms with van der Waals surface area (Å²) in [5, 5.41) is 10.9. The normalized spacial score (nSPS) is 13.3. The number of benzene rings is 3. The van der Waals surface area contributed by atoms with Crippen LogP contribution in [0.5, 0.6) is 0 Å². The van der Waals surface area contributed by atoms with Crippen LogP contribution in [0, 0.1) is 11.7 Å². The van der Waals surface area contributed by atoms with Gasteiger partial charge >= 0.3 is 0 Å². The van der Waals surface area contributed by atoms with E-state index < -0.39 is 59.5 Å². The molecule has 0 radical (unpaired) electrons. The molecule has 0 spiro atoms. The Labute approximate surface area is 315 Å². The van der Waals surface area contributed by atoms with Crippen molar-refractivity contribution in [1.82, 2.24) is 21.3 Å². The molecule has 0 unspecified atom stereocenters. The molecule has 0 heterocycles. The minimum atomic E-state index is -1.15. The number of hydrogen-bond acceptors (Lipinski definition) is 6. The average molecular weight is 743 g/mol. The molecule has 14 heteroatoms. The molecular weight excluding hydrogens is 691 g/mol. The molecular formula is C40H51FN8O5. The number of rotatable bonds is 21. The van der Waals surface area contributed by atoms with Crippen molar-refractivity contribution in [3.63, 3.8) is 0 Å². The maximum absolute atomic E-state index is 14.0. The zero-order chi connectivity index (χ0) is 39.5. The summed E-state index contributed by atoms with van der Waals surface area (Å²) >= 11 is 0. The third-order valence-electron chi connectivity index (χ3n) is 8.36. The van der Waals surface area contributed by atoms with Gasteiger partial charge in [0, 0.05) is 19.0 Å². The Morgan fingerprint density at radius 3 is 1.87 bits per heavy atom. The van der Waals surface area contributed by atoms with Crippen molar-refractivity contribution in [2.75, 3.05) is 6.54 Å². The van der Waals surface area contributed by atoms with E-state index in [1.54, 1.807) is 6.08 Å². The van der Waals surface area contributed by atoms with Crippen LogP contribution in [0.2, 0.25) is 0 Å². The van der Waals surface area contributed by atoms with Crippen LogP contribution in [0.3, 0.4) is 0 Å². The predicted octanol–water partition coefficient (Wildman–Crippen LogP) is 2.24. The molecule has 3 rings (SSSR count). The second kappa shape index (κ2) is 22.1. The fourth-order valence-corrected chi connectivity index (χ4v) is 5.55. The van der Waals surface area contributed by atoms with Crippen molar-refractivity contribution in [3.05, 3.63) is 114 Å². The Morgan fingerprint density at radius 1 is 0.685 bits per heavy atom. The second-order valence-electron chi connectivity index (χ2n) is 13.3. The van der Waals surface area contributed by atoms with Gasteiger partial charge in [-0.3, -0.25) is 29.0 Å². The lowest BCUT2D eigenvalue weighted by Gasteiger charge is -2.27. The van der Waals surface area contributed by atoms with Gasteiger partial charge in [0.25, 0.3) is 0 Å². The number of nitrogens with two attached hydrogens (primary N) is 3. The predicted molar refractivity (Wildman–Crippen MR) is 207 cm³/mol. The lowest BCUT2D eigenvalue weighted by Crippen LogP contribution is -2.58. The molecule has 3 aromatic rings. The highest BCUT2D eigenvalue weighted by Gasteiger charge is 2.31. The topological polar surface area (TPSA) is 224 Å². The number of guanidine groups is 1. The number of amides is 5. The van der Waals surface area contributed by atoms with Crippen molar-refractivity contribution in [1.29, 1.82) is 0 Å². The van der Waals surface area contributed by atoms with E-state index >= 15 is 0 Å².